The molecule has 0 amide bonds. The highest BCUT2D eigenvalue weighted by molar-refractivity contribution is 6.24. The summed E-state index contributed by atoms with van der Waals surface area (Å²) in [6, 6.07) is 9.73. The number of allylic oxidation sites excluding steroid dienone is 1. The van der Waals surface area contributed by atoms with E-state index >= 15 is 0 Å². The molecule has 5 nitrogen and oxygen atoms in total. The Hall–Kier alpha value is -2.43. The predicted octanol–water partition coefficient (Wildman–Crippen LogP) is 4.03. The summed E-state index contributed by atoms with van der Waals surface area (Å²) in [7, 11) is 1.29. The number of hydrogen-bond acceptors (Lipinski definition) is 5. The van der Waals surface area contributed by atoms with Crippen LogP contribution in [0.2, 0.25) is 0 Å². The van der Waals surface area contributed by atoms with Gasteiger partial charge in [-0.1, -0.05) is 51.1 Å². The number of benzene rings is 1. The van der Waals surface area contributed by atoms with Gasteiger partial charge in [0.05, 0.1) is 19.2 Å². The Morgan fingerprint density at radius 3 is 2.50 bits per heavy atom. The van der Waals surface area contributed by atoms with Crippen molar-refractivity contribution in [2.45, 2.75) is 46.6 Å². The third-order valence-corrected chi connectivity index (χ3v) is 4.71. The molecule has 140 valence electrons. The molecule has 5 heteroatoms. The van der Waals surface area contributed by atoms with Crippen LogP contribution >= 0.6 is 0 Å². The Morgan fingerprint density at radius 1 is 1.27 bits per heavy atom. The van der Waals surface area contributed by atoms with Gasteiger partial charge in [0.1, 0.15) is 11.7 Å². The number of aliphatic hydroxyl groups excluding tert-OH is 1. The number of hydrogen-bond donors (Lipinski definition) is 1. The van der Waals surface area contributed by atoms with Crippen LogP contribution in [-0.4, -0.2) is 29.7 Å². The lowest BCUT2D eigenvalue weighted by atomic mass is 9.67. The molecule has 0 aliphatic heterocycles. The van der Waals surface area contributed by atoms with E-state index in [-0.39, 0.29) is 17.1 Å². The molecule has 0 fully saturated rings. The molecule has 0 radical (unpaired) electrons. The van der Waals surface area contributed by atoms with Gasteiger partial charge < -0.3 is 9.84 Å². The van der Waals surface area contributed by atoms with Crippen molar-refractivity contribution in [1.29, 1.82) is 0 Å². The van der Waals surface area contributed by atoms with E-state index in [2.05, 4.69) is 4.99 Å². The Labute approximate surface area is 154 Å². The molecule has 1 aliphatic rings. The first-order valence-corrected chi connectivity index (χ1v) is 8.93. The maximum Gasteiger partial charge on any atom is 0.316 e. The number of ether oxygens (including phenoxy) is 1. The lowest BCUT2D eigenvalue weighted by Crippen LogP contribution is -2.41. The minimum absolute atomic E-state index is 0.179. The largest absolute Gasteiger partial charge is 0.511 e. The van der Waals surface area contributed by atoms with Crippen molar-refractivity contribution < 1.29 is 19.4 Å². The highest BCUT2D eigenvalue weighted by Gasteiger charge is 2.47. The van der Waals surface area contributed by atoms with Crippen molar-refractivity contribution in [2.75, 3.05) is 7.11 Å². The predicted molar refractivity (Wildman–Crippen MR) is 101 cm³/mol. The molecule has 0 bridgehead atoms. The molecule has 1 aromatic rings. The average Bonchev–Trinajstić information content (AvgIpc) is 2.59. The van der Waals surface area contributed by atoms with Crippen LogP contribution in [-0.2, 0) is 20.9 Å². The third-order valence-electron chi connectivity index (χ3n) is 4.71. The molecule has 1 N–H and O–H groups in total. The van der Waals surface area contributed by atoms with E-state index in [9.17, 15) is 14.7 Å². The van der Waals surface area contributed by atoms with Gasteiger partial charge in [0.2, 0.25) is 0 Å². The number of nitrogens with zero attached hydrogens (tertiary/aromatic N) is 1. The Kier molecular flexibility index (Phi) is 6.35. The standard InChI is InChI=1S/C21H27NO4/c1-5-9-16(23)17-15(22-13-14-10-7-6-8-11-14)12-21(2,3)18(19(17)24)20(25)26-4/h6-8,10-11,18,24H,5,9,12-13H2,1-4H3/t18-/m0/s1. The molecule has 1 aliphatic carbocycles. The SMILES string of the molecule is CCCC(=O)C1=C(O)[C@@H](C(=O)OC)C(C)(C)CC1=NCc1ccccc1. The number of carbonyl (C=O) groups is 2. The fourth-order valence-electron chi connectivity index (χ4n) is 3.39. The van der Waals surface area contributed by atoms with Crippen LogP contribution in [0, 0.1) is 11.3 Å². The molecule has 1 atom stereocenters. The number of aliphatic hydroxyl groups is 1. The number of aliphatic imine (C=N–C) groups is 1. The summed E-state index contributed by atoms with van der Waals surface area (Å²) in [5.74, 6) is -1.78. The van der Waals surface area contributed by atoms with Gasteiger partial charge in [-0.05, 0) is 23.8 Å². The lowest BCUT2D eigenvalue weighted by Gasteiger charge is -2.37. The highest BCUT2D eigenvalue weighted by Crippen LogP contribution is 2.43. The van der Waals surface area contributed by atoms with Gasteiger partial charge in [0.15, 0.2) is 5.78 Å². The first-order chi connectivity index (χ1) is 12.3. The van der Waals surface area contributed by atoms with E-state index in [1.54, 1.807) is 0 Å². The summed E-state index contributed by atoms with van der Waals surface area (Å²) in [6.07, 6.45) is 1.39. The summed E-state index contributed by atoms with van der Waals surface area (Å²) in [5, 5.41) is 10.8. The second-order valence-electron chi connectivity index (χ2n) is 7.30. The van der Waals surface area contributed by atoms with Crippen molar-refractivity contribution in [1.82, 2.24) is 0 Å². The lowest BCUT2D eigenvalue weighted by molar-refractivity contribution is -0.149. The first kappa shape index (κ1) is 19.9. The van der Waals surface area contributed by atoms with Crippen LogP contribution in [0.3, 0.4) is 0 Å². The van der Waals surface area contributed by atoms with Crippen molar-refractivity contribution >= 4 is 17.5 Å². The average molecular weight is 357 g/mol. The molecular weight excluding hydrogens is 330 g/mol. The number of Topliss-reactive ketones (excluding diaryl/α,β-unsaturated/α-hetero) is 1. The second-order valence-corrected chi connectivity index (χ2v) is 7.30. The van der Waals surface area contributed by atoms with Gasteiger partial charge in [-0.2, -0.15) is 0 Å². The van der Waals surface area contributed by atoms with Gasteiger partial charge in [0.25, 0.3) is 0 Å². The molecule has 0 heterocycles. The third kappa shape index (κ3) is 4.21. The molecule has 0 unspecified atom stereocenters. The topological polar surface area (TPSA) is 76.0 Å². The van der Waals surface area contributed by atoms with Crippen molar-refractivity contribution in [2.24, 2.45) is 16.3 Å². The maximum absolute atomic E-state index is 12.6. The molecule has 26 heavy (non-hydrogen) atoms. The maximum atomic E-state index is 12.6. The van der Waals surface area contributed by atoms with Gasteiger partial charge in [-0.25, -0.2) is 0 Å². The van der Waals surface area contributed by atoms with Gasteiger partial charge in [0, 0.05) is 12.1 Å². The van der Waals surface area contributed by atoms with Gasteiger partial charge in [-0.15, -0.1) is 0 Å². The quantitative estimate of drug-likeness (QED) is 0.780. The molecule has 1 aromatic carbocycles. The summed E-state index contributed by atoms with van der Waals surface area (Å²) in [6.45, 7) is 6.08. The van der Waals surface area contributed by atoms with Crippen LogP contribution in [0.5, 0.6) is 0 Å². The monoisotopic (exact) mass is 357 g/mol. The Balaban J connectivity index is 2.50. The van der Waals surface area contributed by atoms with Crippen LogP contribution in [0.4, 0.5) is 0 Å². The van der Waals surface area contributed by atoms with E-state index in [4.69, 9.17) is 4.74 Å². The summed E-state index contributed by atoms with van der Waals surface area (Å²) >= 11 is 0. The summed E-state index contributed by atoms with van der Waals surface area (Å²) < 4.78 is 4.86. The van der Waals surface area contributed by atoms with Crippen molar-refractivity contribution in [3.8, 4) is 0 Å². The van der Waals surface area contributed by atoms with Gasteiger partial charge >= 0.3 is 5.97 Å². The van der Waals surface area contributed by atoms with Crippen molar-refractivity contribution in [3.63, 3.8) is 0 Å². The summed E-state index contributed by atoms with van der Waals surface area (Å²) in [5.41, 5.74) is 1.19. The zero-order valence-corrected chi connectivity index (χ0v) is 15.9. The molecule has 2 rings (SSSR count). The molecule has 0 saturated heterocycles. The zero-order chi connectivity index (χ0) is 19.3. The van der Waals surface area contributed by atoms with E-state index in [0.29, 0.717) is 31.5 Å². The molecule has 0 spiro atoms. The number of rotatable bonds is 6. The number of carbonyl (C=O) groups excluding carboxylic acids is 2. The molecule has 0 saturated carbocycles. The molecule has 0 aromatic heterocycles. The van der Waals surface area contributed by atoms with E-state index in [0.717, 1.165) is 5.56 Å². The van der Waals surface area contributed by atoms with E-state index in [1.807, 2.05) is 51.1 Å². The highest BCUT2D eigenvalue weighted by atomic mass is 16.5. The van der Waals surface area contributed by atoms with Gasteiger partial charge in [-0.3, -0.25) is 14.6 Å². The number of methoxy groups -OCH3 is 1. The Morgan fingerprint density at radius 2 is 1.92 bits per heavy atom. The number of ketones is 1. The fourth-order valence-corrected chi connectivity index (χ4v) is 3.39. The number of esters is 1. The van der Waals surface area contributed by atoms with Crippen LogP contribution < -0.4 is 0 Å². The smallest absolute Gasteiger partial charge is 0.316 e. The van der Waals surface area contributed by atoms with Crippen molar-refractivity contribution in [3.05, 3.63) is 47.2 Å². The zero-order valence-electron chi connectivity index (χ0n) is 15.9. The normalized spacial score (nSPS) is 20.9. The molecular formula is C21H27NO4. The fraction of sp³-hybridized carbons (Fsp3) is 0.476. The minimum atomic E-state index is -0.862. The van der Waals surface area contributed by atoms with Crippen LogP contribution in [0.1, 0.15) is 45.6 Å². The second kappa shape index (κ2) is 8.30. The minimum Gasteiger partial charge on any atom is -0.511 e. The summed E-state index contributed by atoms with van der Waals surface area (Å²) in [4.78, 5) is 29.5. The van der Waals surface area contributed by atoms with Crippen LogP contribution in [0.15, 0.2) is 46.7 Å². The van der Waals surface area contributed by atoms with Crippen LogP contribution in [0.25, 0.3) is 0 Å². The van der Waals surface area contributed by atoms with E-state index in [1.165, 1.54) is 7.11 Å². The first-order valence-electron chi connectivity index (χ1n) is 8.93. The van der Waals surface area contributed by atoms with E-state index < -0.39 is 17.3 Å². The Bertz CT molecular complexity index is 732.